The van der Waals surface area contributed by atoms with Crippen molar-refractivity contribution in [2.45, 2.75) is 32.4 Å². The van der Waals surface area contributed by atoms with E-state index < -0.39 is 11.1 Å². The lowest BCUT2D eigenvalue weighted by atomic mass is 10.1. The van der Waals surface area contributed by atoms with Gasteiger partial charge in [-0.3, -0.25) is 19.2 Å². The quantitative estimate of drug-likeness (QED) is 0.575. The second kappa shape index (κ2) is 7.38. The molecule has 1 saturated carbocycles. The third-order valence-corrected chi connectivity index (χ3v) is 4.85. The highest BCUT2D eigenvalue weighted by Crippen LogP contribution is 2.20. The molecular formula is C21H20N4O4. The average molecular weight is 392 g/mol. The SMILES string of the molecule is CCn1c(=O)c(=O)[nH]c2cc(C(=O)Nc3cccc(C(=O)NC4CC4)c3)ccc21. The van der Waals surface area contributed by atoms with Crippen molar-refractivity contribution in [2.24, 2.45) is 0 Å². The maximum atomic E-state index is 12.7. The van der Waals surface area contributed by atoms with Crippen molar-refractivity contribution in [2.75, 3.05) is 5.32 Å². The van der Waals surface area contributed by atoms with Crippen LogP contribution >= 0.6 is 0 Å². The highest BCUT2D eigenvalue weighted by Gasteiger charge is 2.23. The molecule has 1 aliphatic carbocycles. The van der Waals surface area contributed by atoms with Crippen LogP contribution in [0.4, 0.5) is 5.69 Å². The number of aromatic nitrogens is 2. The van der Waals surface area contributed by atoms with Gasteiger partial charge in [0.1, 0.15) is 0 Å². The zero-order chi connectivity index (χ0) is 20.5. The molecule has 8 nitrogen and oxygen atoms in total. The summed E-state index contributed by atoms with van der Waals surface area (Å²) >= 11 is 0. The number of nitrogens with one attached hydrogen (secondary N) is 3. The number of carbonyl (C=O) groups excluding carboxylic acids is 2. The monoisotopic (exact) mass is 392 g/mol. The number of H-pyrrole nitrogens is 1. The molecule has 29 heavy (non-hydrogen) atoms. The Morgan fingerprint density at radius 1 is 1.07 bits per heavy atom. The Kier molecular flexibility index (Phi) is 4.75. The summed E-state index contributed by atoms with van der Waals surface area (Å²) in [5.74, 6) is -0.550. The summed E-state index contributed by atoms with van der Waals surface area (Å²) in [5.41, 5.74) is 0.885. The first kappa shape index (κ1) is 18.7. The lowest BCUT2D eigenvalue weighted by Crippen LogP contribution is -2.36. The largest absolute Gasteiger partial charge is 0.349 e. The smallest absolute Gasteiger partial charge is 0.316 e. The Morgan fingerprint density at radius 2 is 1.83 bits per heavy atom. The normalized spacial score (nSPS) is 13.3. The van der Waals surface area contributed by atoms with Gasteiger partial charge in [0.2, 0.25) is 0 Å². The second-order valence-electron chi connectivity index (χ2n) is 7.02. The fraction of sp³-hybridized carbons (Fsp3) is 0.238. The minimum Gasteiger partial charge on any atom is -0.349 e. The molecule has 1 aromatic heterocycles. The van der Waals surface area contributed by atoms with Crippen LogP contribution in [0.1, 0.15) is 40.5 Å². The van der Waals surface area contributed by atoms with E-state index in [1.165, 1.54) is 10.6 Å². The molecular weight excluding hydrogens is 372 g/mol. The number of aryl methyl sites for hydroxylation is 1. The van der Waals surface area contributed by atoms with Crippen LogP contribution in [-0.2, 0) is 6.54 Å². The topological polar surface area (TPSA) is 113 Å². The van der Waals surface area contributed by atoms with Gasteiger partial charge < -0.3 is 20.2 Å². The van der Waals surface area contributed by atoms with Crippen molar-refractivity contribution < 1.29 is 9.59 Å². The van der Waals surface area contributed by atoms with Gasteiger partial charge in [-0.15, -0.1) is 0 Å². The summed E-state index contributed by atoms with van der Waals surface area (Å²) in [6, 6.07) is 11.7. The molecule has 2 amide bonds. The first-order valence-electron chi connectivity index (χ1n) is 9.45. The number of aromatic amines is 1. The molecule has 0 atom stereocenters. The van der Waals surface area contributed by atoms with E-state index in [0.29, 0.717) is 34.4 Å². The molecule has 2 aromatic carbocycles. The molecule has 3 N–H and O–H groups in total. The molecule has 0 unspecified atom stereocenters. The summed E-state index contributed by atoms with van der Waals surface area (Å²) in [7, 11) is 0. The fourth-order valence-electron chi connectivity index (χ4n) is 3.17. The number of anilines is 1. The number of amides is 2. The van der Waals surface area contributed by atoms with Gasteiger partial charge >= 0.3 is 11.1 Å². The molecule has 1 fully saturated rings. The predicted molar refractivity (Wildman–Crippen MR) is 109 cm³/mol. The Hall–Kier alpha value is -3.68. The van der Waals surface area contributed by atoms with Gasteiger partial charge in [-0.1, -0.05) is 6.07 Å². The summed E-state index contributed by atoms with van der Waals surface area (Å²) in [4.78, 5) is 51.1. The minimum atomic E-state index is -0.730. The van der Waals surface area contributed by atoms with Crippen LogP contribution in [0.25, 0.3) is 11.0 Å². The van der Waals surface area contributed by atoms with Gasteiger partial charge in [-0.05, 0) is 56.2 Å². The number of hydrogen-bond acceptors (Lipinski definition) is 4. The van der Waals surface area contributed by atoms with Gasteiger partial charge in [0.05, 0.1) is 11.0 Å². The first-order chi connectivity index (χ1) is 14.0. The van der Waals surface area contributed by atoms with Gasteiger partial charge in [0, 0.05) is 29.4 Å². The Bertz CT molecular complexity index is 1240. The molecule has 148 valence electrons. The van der Waals surface area contributed by atoms with E-state index in [1.54, 1.807) is 43.3 Å². The Balaban J connectivity index is 1.59. The number of fused-ring (bicyclic) bond motifs is 1. The molecule has 0 spiro atoms. The zero-order valence-electron chi connectivity index (χ0n) is 15.8. The van der Waals surface area contributed by atoms with E-state index in [4.69, 9.17) is 0 Å². The second-order valence-corrected chi connectivity index (χ2v) is 7.02. The Morgan fingerprint density at radius 3 is 2.55 bits per heavy atom. The van der Waals surface area contributed by atoms with Crippen molar-refractivity contribution in [3.8, 4) is 0 Å². The van der Waals surface area contributed by atoms with E-state index in [0.717, 1.165) is 12.8 Å². The molecule has 3 aromatic rings. The lowest BCUT2D eigenvalue weighted by molar-refractivity contribution is 0.0949. The molecule has 1 aliphatic rings. The third kappa shape index (κ3) is 3.82. The Labute approximate surface area is 165 Å². The molecule has 1 heterocycles. The highest BCUT2D eigenvalue weighted by molar-refractivity contribution is 6.06. The summed E-state index contributed by atoms with van der Waals surface area (Å²) in [6.45, 7) is 2.12. The number of rotatable bonds is 5. The standard InChI is InChI=1S/C21H20N4O4/c1-2-25-17-9-6-13(11-16(17)24-20(28)21(25)29)19(27)23-15-5-3-4-12(10-15)18(26)22-14-7-8-14/h3-6,9-11,14H,2,7-8H2,1H3,(H,22,26)(H,23,27)(H,24,28). The molecule has 0 aliphatic heterocycles. The van der Waals surface area contributed by atoms with Crippen LogP contribution < -0.4 is 21.8 Å². The molecule has 4 rings (SSSR count). The third-order valence-electron chi connectivity index (χ3n) is 4.85. The van der Waals surface area contributed by atoms with Crippen molar-refractivity contribution in [1.82, 2.24) is 14.9 Å². The fourth-order valence-corrected chi connectivity index (χ4v) is 3.17. The van der Waals surface area contributed by atoms with Crippen LogP contribution in [0.5, 0.6) is 0 Å². The van der Waals surface area contributed by atoms with Crippen LogP contribution in [0, 0.1) is 0 Å². The minimum absolute atomic E-state index is 0.163. The molecule has 8 heteroatoms. The van der Waals surface area contributed by atoms with Crippen LogP contribution in [-0.4, -0.2) is 27.4 Å². The molecule has 0 saturated heterocycles. The van der Waals surface area contributed by atoms with E-state index in [2.05, 4.69) is 15.6 Å². The maximum Gasteiger partial charge on any atom is 0.316 e. The average Bonchev–Trinajstić information content (AvgIpc) is 3.53. The summed E-state index contributed by atoms with van der Waals surface area (Å²) in [6.07, 6.45) is 2.00. The van der Waals surface area contributed by atoms with Crippen LogP contribution in [0.15, 0.2) is 52.1 Å². The van der Waals surface area contributed by atoms with E-state index >= 15 is 0 Å². The van der Waals surface area contributed by atoms with E-state index in [-0.39, 0.29) is 17.9 Å². The van der Waals surface area contributed by atoms with Crippen molar-refractivity contribution in [3.63, 3.8) is 0 Å². The van der Waals surface area contributed by atoms with Gasteiger partial charge in [-0.2, -0.15) is 0 Å². The number of nitrogens with zero attached hydrogens (tertiary/aromatic N) is 1. The van der Waals surface area contributed by atoms with E-state index in [1.807, 2.05) is 0 Å². The van der Waals surface area contributed by atoms with Gasteiger partial charge in [0.15, 0.2) is 0 Å². The summed E-state index contributed by atoms with van der Waals surface area (Å²) < 4.78 is 1.36. The number of hydrogen-bond donors (Lipinski definition) is 3. The van der Waals surface area contributed by atoms with Crippen molar-refractivity contribution in [1.29, 1.82) is 0 Å². The number of carbonyl (C=O) groups is 2. The zero-order valence-corrected chi connectivity index (χ0v) is 15.8. The maximum absolute atomic E-state index is 12.7. The van der Waals surface area contributed by atoms with Crippen LogP contribution in [0.3, 0.4) is 0 Å². The van der Waals surface area contributed by atoms with Crippen molar-refractivity contribution in [3.05, 3.63) is 74.3 Å². The summed E-state index contributed by atoms with van der Waals surface area (Å²) in [5, 5.41) is 5.67. The molecule has 0 radical (unpaired) electrons. The van der Waals surface area contributed by atoms with Crippen molar-refractivity contribution >= 4 is 28.5 Å². The van der Waals surface area contributed by atoms with Gasteiger partial charge in [0.25, 0.3) is 11.8 Å². The van der Waals surface area contributed by atoms with E-state index in [9.17, 15) is 19.2 Å². The highest BCUT2D eigenvalue weighted by atomic mass is 16.2. The molecule has 0 bridgehead atoms. The van der Waals surface area contributed by atoms with Crippen LogP contribution in [0.2, 0.25) is 0 Å². The van der Waals surface area contributed by atoms with Gasteiger partial charge in [-0.25, -0.2) is 0 Å². The predicted octanol–water partition coefficient (Wildman–Crippen LogP) is 1.85. The number of benzene rings is 2. The lowest BCUT2D eigenvalue weighted by Gasteiger charge is -2.10. The first-order valence-corrected chi connectivity index (χ1v) is 9.45.